The summed E-state index contributed by atoms with van der Waals surface area (Å²) < 4.78 is 4.43. The highest BCUT2D eigenvalue weighted by atomic mass is 16.5. The standard InChI is InChI=1S/C15H16O4/c1-19-15(18)13(14(16)17)11-7-3-6-10-12-8-4-2-5-9-12/h2-10,13H,11H2,1H3,(H,16,17)/b7-3+,10-6+. The van der Waals surface area contributed by atoms with Crippen molar-refractivity contribution in [2.75, 3.05) is 7.11 Å². The van der Waals surface area contributed by atoms with Gasteiger partial charge in [0.05, 0.1) is 7.11 Å². The van der Waals surface area contributed by atoms with E-state index in [1.54, 1.807) is 18.2 Å². The molecule has 0 saturated carbocycles. The quantitative estimate of drug-likeness (QED) is 0.485. The molecule has 1 aromatic rings. The molecule has 4 nitrogen and oxygen atoms in total. The van der Waals surface area contributed by atoms with Gasteiger partial charge >= 0.3 is 11.9 Å². The van der Waals surface area contributed by atoms with Gasteiger partial charge in [0.15, 0.2) is 5.92 Å². The first-order chi connectivity index (χ1) is 9.15. The van der Waals surface area contributed by atoms with E-state index in [-0.39, 0.29) is 6.42 Å². The third-order valence-corrected chi connectivity index (χ3v) is 2.49. The van der Waals surface area contributed by atoms with Crippen LogP contribution in [-0.4, -0.2) is 24.2 Å². The number of carboxylic acid groups (broad SMARTS) is 1. The molecule has 0 saturated heterocycles. The minimum absolute atomic E-state index is 0.112. The Morgan fingerprint density at radius 1 is 1.26 bits per heavy atom. The van der Waals surface area contributed by atoms with Gasteiger partial charge in [-0.1, -0.05) is 54.6 Å². The van der Waals surface area contributed by atoms with E-state index < -0.39 is 17.9 Å². The topological polar surface area (TPSA) is 63.6 Å². The zero-order chi connectivity index (χ0) is 14.1. The number of hydrogen-bond acceptors (Lipinski definition) is 3. The normalized spacial score (nSPS) is 12.7. The predicted molar refractivity (Wildman–Crippen MR) is 72.4 cm³/mol. The van der Waals surface area contributed by atoms with Gasteiger partial charge in [-0.15, -0.1) is 0 Å². The Bertz CT molecular complexity index is 474. The molecule has 1 atom stereocenters. The van der Waals surface area contributed by atoms with E-state index in [0.717, 1.165) is 5.56 Å². The number of rotatable bonds is 6. The van der Waals surface area contributed by atoms with E-state index in [2.05, 4.69) is 4.74 Å². The summed E-state index contributed by atoms with van der Waals surface area (Å²) in [4.78, 5) is 22.0. The Balaban J connectivity index is 2.51. The largest absolute Gasteiger partial charge is 0.481 e. The van der Waals surface area contributed by atoms with E-state index in [0.29, 0.717) is 0 Å². The van der Waals surface area contributed by atoms with Crippen molar-refractivity contribution >= 4 is 18.0 Å². The third kappa shape index (κ3) is 5.21. The molecule has 0 aliphatic carbocycles. The van der Waals surface area contributed by atoms with Gasteiger partial charge in [-0.2, -0.15) is 0 Å². The zero-order valence-corrected chi connectivity index (χ0v) is 10.7. The Morgan fingerprint density at radius 2 is 1.95 bits per heavy atom. The van der Waals surface area contributed by atoms with Gasteiger partial charge in [0.1, 0.15) is 0 Å². The lowest BCUT2D eigenvalue weighted by atomic mass is 10.1. The first-order valence-electron chi connectivity index (χ1n) is 5.84. The minimum atomic E-state index is -1.18. The SMILES string of the molecule is COC(=O)C(C/C=C/C=C/c1ccccc1)C(=O)O. The van der Waals surface area contributed by atoms with Crippen LogP contribution in [0.25, 0.3) is 6.08 Å². The van der Waals surface area contributed by atoms with Gasteiger partial charge < -0.3 is 9.84 Å². The zero-order valence-electron chi connectivity index (χ0n) is 10.7. The van der Waals surface area contributed by atoms with Crippen molar-refractivity contribution < 1.29 is 19.4 Å². The lowest BCUT2D eigenvalue weighted by molar-refractivity contribution is -0.156. The second-order valence-corrected chi connectivity index (χ2v) is 3.85. The molecule has 1 rings (SSSR count). The molecule has 1 unspecified atom stereocenters. The fraction of sp³-hybridized carbons (Fsp3) is 0.200. The molecule has 1 N–H and O–H groups in total. The summed E-state index contributed by atoms with van der Waals surface area (Å²) in [6, 6.07) is 9.71. The average molecular weight is 260 g/mol. The van der Waals surface area contributed by atoms with E-state index in [1.165, 1.54) is 7.11 Å². The van der Waals surface area contributed by atoms with Crippen molar-refractivity contribution in [2.24, 2.45) is 5.92 Å². The Hall–Kier alpha value is -2.36. The molecule has 100 valence electrons. The maximum atomic E-state index is 11.2. The van der Waals surface area contributed by atoms with E-state index in [4.69, 9.17) is 5.11 Å². The van der Waals surface area contributed by atoms with Gasteiger partial charge in [0, 0.05) is 0 Å². The molecule has 19 heavy (non-hydrogen) atoms. The van der Waals surface area contributed by atoms with Gasteiger partial charge in [-0.05, 0) is 12.0 Å². The second kappa shape index (κ2) is 7.87. The number of allylic oxidation sites excluding steroid dienone is 3. The summed E-state index contributed by atoms with van der Waals surface area (Å²) in [5, 5.41) is 8.86. The number of ether oxygens (including phenoxy) is 1. The number of benzene rings is 1. The predicted octanol–water partition coefficient (Wildman–Crippen LogP) is 2.52. The smallest absolute Gasteiger partial charge is 0.320 e. The minimum Gasteiger partial charge on any atom is -0.481 e. The van der Waals surface area contributed by atoms with Crippen LogP contribution in [0.5, 0.6) is 0 Å². The van der Waals surface area contributed by atoms with Crippen LogP contribution in [-0.2, 0) is 14.3 Å². The molecule has 0 spiro atoms. The molecule has 4 heteroatoms. The van der Waals surface area contributed by atoms with Crippen LogP contribution in [0.15, 0.2) is 48.6 Å². The lowest BCUT2D eigenvalue weighted by Crippen LogP contribution is -2.24. The van der Waals surface area contributed by atoms with Crippen molar-refractivity contribution in [3.63, 3.8) is 0 Å². The van der Waals surface area contributed by atoms with Crippen molar-refractivity contribution in [3.05, 3.63) is 54.1 Å². The van der Waals surface area contributed by atoms with E-state index in [9.17, 15) is 9.59 Å². The second-order valence-electron chi connectivity index (χ2n) is 3.85. The molecule has 1 aromatic carbocycles. The fourth-order valence-corrected chi connectivity index (χ4v) is 1.46. The molecular formula is C15H16O4. The molecule has 0 fully saturated rings. The van der Waals surface area contributed by atoms with Gasteiger partial charge in [0.25, 0.3) is 0 Å². The summed E-state index contributed by atoms with van der Waals surface area (Å²) in [5.74, 6) is -3.06. The average Bonchev–Trinajstić information content (AvgIpc) is 2.42. The van der Waals surface area contributed by atoms with Gasteiger partial charge in [-0.3, -0.25) is 9.59 Å². The molecular weight excluding hydrogens is 244 g/mol. The molecule has 0 aliphatic rings. The first kappa shape index (κ1) is 14.7. The fourth-order valence-electron chi connectivity index (χ4n) is 1.46. The van der Waals surface area contributed by atoms with Crippen LogP contribution >= 0.6 is 0 Å². The van der Waals surface area contributed by atoms with Gasteiger partial charge in [0.2, 0.25) is 0 Å². The Morgan fingerprint density at radius 3 is 2.53 bits per heavy atom. The molecule has 0 radical (unpaired) electrons. The van der Waals surface area contributed by atoms with Crippen LogP contribution < -0.4 is 0 Å². The summed E-state index contributed by atoms with van der Waals surface area (Å²) in [6.45, 7) is 0. The Labute approximate surface area is 112 Å². The van der Waals surface area contributed by atoms with Crippen LogP contribution in [0.4, 0.5) is 0 Å². The number of carbonyl (C=O) groups is 2. The van der Waals surface area contributed by atoms with E-state index in [1.807, 2.05) is 36.4 Å². The highest BCUT2D eigenvalue weighted by Crippen LogP contribution is 2.07. The first-order valence-corrected chi connectivity index (χ1v) is 5.84. The summed E-state index contributed by atoms with van der Waals surface area (Å²) in [6.07, 6.45) is 7.15. The van der Waals surface area contributed by atoms with Crippen LogP contribution in [0.2, 0.25) is 0 Å². The molecule has 0 amide bonds. The molecule has 0 heterocycles. The number of aliphatic carboxylic acids is 1. The molecule has 0 aliphatic heterocycles. The number of carboxylic acids is 1. The van der Waals surface area contributed by atoms with Crippen molar-refractivity contribution in [3.8, 4) is 0 Å². The lowest BCUT2D eigenvalue weighted by Gasteiger charge is -2.06. The van der Waals surface area contributed by atoms with Crippen LogP contribution in [0.3, 0.4) is 0 Å². The molecule has 0 bridgehead atoms. The number of carbonyl (C=O) groups excluding carboxylic acids is 1. The van der Waals surface area contributed by atoms with Crippen LogP contribution in [0.1, 0.15) is 12.0 Å². The van der Waals surface area contributed by atoms with Gasteiger partial charge in [-0.25, -0.2) is 0 Å². The maximum Gasteiger partial charge on any atom is 0.320 e. The highest BCUT2D eigenvalue weighted by Gasteiger charge is 2.25. The summed E-state index contributed by atoms with van der Waals surface area (Å²) >= 11 is 0. The maximum absolute atomic E-state index is 11.2. The van der Waals surface area contributed by atoms with Crippen molar-refractivity contribution in [1.82, 2.24) is 0 Å². The third-order valence-electron chi connectivity index (χ3n) is 2.49. The van der Waals surface area contributed by atoms with E-state index >= 15 is 0 Å². The van der Waals surface area contributed by atoms with Crippen molar-refractivity contribution in [2.45, 2.75) is 6.42 Å². The summed E-state index contributed by atoms with van der Waals surface area (Å²) in [5.41, 5.74) is 1.05. The Kier molecular flexibility index (Phi) is 6.09. The van der Waals surface area contributed by atoms with Crippen LogP contribution in [0, 0.1) is 5.92 Å². The number of methoxy groups -OCH3 is 1. The molecule has 0 aromatic heterocycles. The number of esters is 1. The number of hydrogen-bond donors (Lipinski definition) is 1. The monoisotopic (exact) mass is 260 g/mol. The summed E-state index contributed by atoms with van der Waals surface area (Å²) in [7, 11) is 1.18. The van der Waals surface area contributed by atoms with Crippen molar-refractivity contribution in [1.29, 1.82) is 0 Å². The highest BCUT2D eigenvalue weighted by molar-refractivity contribution is 5.94.